The van der Waals surface area contributed by atoms with Crippen molar-refractivity contribution in [3.05, 3.63) is 120 Å². The maximum atomic E-state index is 6.49. The number of ether oxygens (including phenoxy) is 1. The van der Waals surface area contributed by atoms with Gasteiger partial charge in [-0.15, -0.1) is 0 Å². The molecule has 1 aliphatic heterocycles. The zero-order valence-corrected chi connectivity index (χ0v) is 18.0. The molecule has 0 unspecified atom stereocenters. The first-order chi connectivity index (χ1) is 15.8. The van der Waals surface area contributed by atoms with Gasteiger partial charge < -0.3 is 4.74 Å². The maximum Gasteiger partial charge on any atom is 0.135 e. The van der Waals surface area contributed by atoms with Crippen molar-refractivity contribution in [3.8, 4) is 56.0 Å². The summed E-state index contributed by atoms with van der Waals surface area (Å²) in [5, 5.41) is 0.694. The molecule has 0 aromatic heterocycles. The predicted octanol–water partition coefficient (Wildman–Crippen LogP) is 9.11. The van der Waals surface area contributed by atoms with E-state index in [9.17, 15) is 0 Å². The predicted molar refractivity (Wildman–Crippen MR) is 133 cm³/mol. The molecule has 6 rings (SSSR count). The van der Waals surface area contributed by atoms with Gasteiger partial charge in [-0.05, 0) is 69.8 Å². The van der Waals surface area contributed by atoms with Crippen LogP contribution in [0.2, 0.25) is 5.02 Å². The Morgan fingerprint density at radius 3 is 1.72 bits per heavy atom. The van der Waals surface area contributed by atoms with Crippen molar-refractivity contribution in [2.45, 2.75) is 0 Å². The van der Waals surface area contributed by atoms with Crippen LogP contribution in [0, 0.1) is 0 Å². The number of hydrogen-bond acceptors (Lipinski definition) is 1. The number of halogens is 1. The molecular formula is C30H19ClO. The molecule has 152 valence electrons. The fraction of sp³-hybridized carbons (Fsp3) is 0. The third kappa shape index (κ3) is 3.28. The summed E-state index contributed by atoms with van der Waals surface area (Å²) in [6, 6.07) is 39.7. The summed E-state index contributed by atoms with van der Waals surface area (Å²) in [6.07, 6.45) is 0. The highest BCUT2D eigenvalue weighted by Crippen LogP contribution is 2.49. The van der Waals surface area contributed by atoms with Crippen molar-refractivity contribution in [3.63, 3.8) is 0 Å². The Kier molecular flexibility index (Phi) is 4.56. The first-order valence-corrected chi connectivity index (χ1v) is 11.0. The van der Waals surface area contributed by atoms with Crippen LogP contribution in [0.25, 0.3) is 44.5 Å². The number of hydrogen-bond donors (Lipinski definition) is 0. The van der Waals surface area contributed by atoms with Crippen LogP contribution in [0.5, 0.6) is 11.5 Å². The molecule has 0 amide bonds. The van der Waals surface area contributed by atoms with Gasteiger partial charge in [0.15, 0.2) is 0 Å². The van der Waals surface area contributed by atoms with E-state index in [1.165, 1.54) is 16.7 Å². The van der Waals surface area contributed by atoms with Crippen molar-refractivity contribution in [1.29, 1.82) is 0 Å². The molecule has 1 heterocycles. The summed E-state index contributed by atoms with van der Waals surface area (Å²) >= 11 is 6.41. The zero-order chi connectivity index (χ0) is 21.5. The van der Waals surface area contributed by atoms with Crippen molar-refractivity contribution in [1.82, 2.24) is 0 Å². The average Bonchev–Trinajstić information content (AvgIpc) is 2.98. The molecule has 2 heteroatoms. The normalized spacial score (nSPS) is 11.5. The van der Waals surface area contributed by atoms with Gasteiger partial charge in [0.05, 0.1) is 0 Å². The molecule has 0 aliphatic carbocycles. The molecule has 1 nitrogen and oxygen atoms in total. The van der Waals surface area contributed by atoms with Gasteiger partial charge in [0, 0.05) is 16.1 Å². The topological polar surface area (TPSA) is 9.23 Å². The quantitative estimate of drug-likeness (QED) is 0.266. The van der Waals surface area contributed by atoms with Crippen LogP contribution in [-0.4, -0.2) is 0 Å². The van der Waals surface area contributed by atoms with Crippen LogP contribution in [-0.2, 0) is 0 Å². The van der Waals surface area contributed by atoms with Crippen molar-refractivity contribution in [2.75, 3.05) is 0 Å². The summed E-state index contributed by atoms with van der Waals surface area (Å²) in [5.74, 6) is 1.66. The van der Waals surface area contributed by atoms with E-state index in [2.05, 4.69) is 84.9 Å². The van der Waals surface area contributed by atoms with Crippen molar-refractivity contribution < 1.29 is 4.74 Å². The molecule has 5 aromatic rings. The van der Waals surface area contributed by atoms with Gasteiger partial charge in [-0.3, -0.25) is 0 Å². The second-order valence-electron chi connectivity index (χ2n) is 7.95. The molecule has 1 aliphatic rings. The fourth-order valence-corrected chi connectivity index (χ4v) is 4.54. The lowest BCUT2D eigenvalue weighted by atomic mass is 9.90. The van der Waals surface area contributed by atoms with Crippen LogP contribution in [0.3, 0.4) is 0 Å². The Labute approximate surface area is 192 Å². The van der Waals surface area contributed by atoms with Gasteiger partial charge in [-0.2, -0.15) is 0 Å². The summed E-state index contributed by atoms with van der Waals surface area (Å²) < 4.78 is 6.49. The number of rotatable bonds is 2. The van der Waals surface area contributed by atoms with Crippen LogP contribution < -0.4 is 4.74 Å². The Bertz CT molecular complexity index is 1440. The van der Waals surface area contributed by atoms with Gasteiger partial charge in [0.1, 0.15) is 11.5 Å². The SMILES string of the molecule is Clc1ccc2c(c1)-c1cc(-c3ccccc3)ccc1-c1ccc(-c3ccccc3)cc1O2. The van der Waals surface area contributed by atoms with Gasteiger partial charge >= 0.3 is 0 Å². The monoisotopic (exact) mass is 430 g/mol. The Morgan fingerprint density at radius 1 is 0.406 bits per heavy atom. The van der Waals surface area contributed by atoms with E-state index < -0.39 is 0 Å². The lowest BCUT2D eigenvalue weighted by Gasteiger charge is -2.12. The second kappa shape index (κ2) is 7.71. The molecule has 0 atom stereocenters. The largest absolute Gasteiger partial charge is 0.456 e. The fourth-order valence-electron chi connectivity index (χ4n) is 4.37. The van der Waals surface area contributed by atoms with Crippen molar-refractivity contribution >= 4 is 11.6 Å². The second-order valence-corrected chi connectivity index (χ2v) is 8.38. The zero-order valence-electron chi connectivity index (χ0n) is 17.3. The lowest BCUT2D eigenvalue weighted by molar-refractivity contribution is 0.488. The summed E-state index contributed by atoms with van der Waals surface area (Å²) in [4.78, 5) is 0. The van der Waals surface area contributed by atoms with E-state index in [4.69, 9.17) is 16.3 Å². The third-order valence-electron chi connectivity index (χ3n) is 5.96. The molecule has 0 saturated carbocycles. The van der Waals surface area contributed by atoms with Crippen LogP contribution in [0.1, 0.15) is 0 Å². The van der Waals surface area contributed by atoms with Gasteiger partial charge in [0.25, 0.3) is 0 Å². The minimum atomic E-state index is 0.694. The van der Waals surface area contributed by atoms with Crippen molar-refractivity contribution in [2.24, 2.45) is 0 Å². The minimum Gasteiger partial charge on any atom is -0.456 e. The Morgan fingerprint density at radius 2 is 1.03 bits per heavy atom. The highest BCUT2D eigenvalue weighted by Gasteiger charge is 2.22. The number of fused-ring (bicyclic) bond motifs is 5. The molecule has 0 bridgehead atoms. The summed E-state index contributed by atoms with van der Waals surface area (Å²) in [6.45, 7) is 0. The van der Waals surface area contributed by atoms with Crippen LogP contribution >= 0.6 is 11.6 Å². The van der Waals surface area contributed by atoms with E-state index in [-0.39, 0.29) is 0 Å². The molecule has 0 spiro atoms. The van der Waals surface area contributed by atoms with E-state index in [1.54, 1.807) is 0 Å². The first kappa shape index (κ1) is 18.9. The first-order valence-electron chi connectivity index (χ1n) is 10.6. The molecule has 5 aromatic carbocycles. The smallest absolute Gasteiger partial charge is 0.135 e. The molecule has 0 N–H and O–H groups in total. The molecule has 0 fully saturated rings. The molecular weight excluding hydrogens is 412 g/mol. The van der Waals surface area contributed by atoms with Gasteiger partial charge in [0.2, 0.25) is 0 Å². The van der Waals surface area contributed by atoms with E-state index in [0.717, 1.165) is 39.3 Å². The van der Waals surface area contributed by atoms with Crippen LogP contribution in [0.15, 0.2) is 115 Å². The summed E-state index contributed by atoms with van der Waals surface area (Å²) in [7, 11) is 0. The van der Waals surface area contributed by atoms with E-state index in [1.807, 2.05) is 30.3 Å². The molecule has 0 saturated heterocycles. The minimum absolute atomic E-state index is 0.694. The van der Waals surface area contributed by atoms with Crippen LogP contribution in [0.4, 0.5) is 0 Å². The lowest BCUT2D eigenvalue weighted by Crippen LogP contribution is -1.88. The highest BCUT2D eigenvalue weighted by molar-refractivity contribution is 6.31. The Hall–Kier alpha value is -3.81. The standard InChI is InChI=1S/C30H19ClO/c31-24-13-16-29-28(19-24)27-17-22(20-7-3-1-4-8-20)11-14-25(27)26-15-12-23(18-30(26)32-29)21-9-5-2-6-10-21/h1-19H. The molecule has 32 heavy (non-hydrogen) atoms. The number of benzene rings is 5. The summed E-state index contributed by atoms with van der Waals surface area (Å²) in [5.41, 5.74) is 8.98. The van der Waals surface area contributed by atoms with Gasteiger partial charge in [-0.25, -0.2) is 0 Å². The van der Waals surface area contributed by atoms with E-state index in [0.29, 0.717) is 5.02 Å². The highest BCUT2D eigenvalue weighted by atomic mass is 35.5. The van der Waals surface area contributed by atoms with Gasteiger partial charge in [-0.1, -0.05) is 90.5 Å². The average molecular weight is 431 g/mol. The van der Waals surface area contributed by atoms with E-state index >= 15 is 0 Å². The maximum absolute atomic E-state index is 6.49. The molecule has 0 radical (unpaired) electrons. The Balaban J connectivity index is 1.59. The third-order valence-corrected chi connectivity index (χ3v) is 6.19.